The molecular formula is C15H17N3O6. The Kier molecular flexibility index (Phi) is 5.48. The zero-order chi connectivity index (χ0) is 17.7. The van der Waals surface area contributed by atoms with Crippen LogP contribution in [0.4, 0.5) is 5.82 Å². The van der Waals surface area contributed by atoms with Crippen LogP contribution < -0.4 is 4.74 Å². The van der Waals surface area contributed by atoms with Crippen molar-refractivity contribution in [3.8, 4) is 5.75 Å². The van der Waals surface area contributed by atoms with Crippen molar-refractivity contribution in [2.45, 2.75) is 19.6 Å². The van der Waals surface area contributed by atoms with Gasteiger partial charge in [0, 0.05) is 6.92 Å². The van der Waals surface area contributed by atoms with Gasteiger partial charge >= 0.3 is 11.8 Å². The van der Waals surface area contributed by atoms with Crippen LogP contribution in [0.5, 0.6) is 5.75 Å². The number of esters is 1. The van der Waals surface area contributed by atoms with Gasteiger partial charge in [0.05, 0.1) is 13.7 Å². The normalized spacial score (nSPS) is 11.8. The molecule has 0 radical (unpaired) electrons. The van der Waals surface area contributed by atoms with Gasteiger partial charge in [0.25, 0.3) is 0 Å². The fourth-order valence-corrected chi connectivity index (χ4v) is 2.10. The topological polar surface area (TPSA) is 117 Å². The maximum Gasteiger partial charge on any atom is 0.381 e. The van der Waals surface area contributed by atoms with Gasteiger partial charge in [0.15, 0.2) is 0 Å². The number of methoxy groups -OCH3 is 1. The van der Waals surface area contributed by atoms with Crippen molar-refractivity contribution in [3.63, 3.8) is 0 Å². The summed E-state index contributed by atoms with van der Waals surface area (Å²) in [5.74, 6) is -0.120. The van der Waals surface area contributed by atoms with Crippen molar-refractivity contribution in [1.29, 1.82) is 0 Å². The molecule has 0 spiro atoms. The fourth-order valence-electron chi connectivity index (χ4n) is 2.10. The molecule has 0 aliphatic rings. The third-order valence-corrected chi connectivity index (χ3v) is 3.28. The van der Waals surface area contributed by atoms with E-state index in [-0.39, 0.29) is 30.3 Å². The van der Waals surface area contributed by atoms with E-state index in [0.717, 1.165) is 0 Å². The number of rotatable bonds is 7. The van der Waals surface area contributed by atoms with E-state index in [2.05, 4.69) is 9.72 Å². The molecule has 24 heavy (non-hydrogen) atoms. The third kappa shape index (κ3) is 4.07. The third-order valence-electron chi connectivity index (χ3n) is 3.28. The molecule has 0 amide bonds. The molecule has 0 fully saturated rings. The van der Waals surface area contributed by atoms with Crippen molar-refractivity contribution >= 4 is 11.8 Å². The monoisotopic (exact) mass is 335 g/mol. The molecule has 0 saturated carbocycles. The highest BCUT2D eigenvalue weighted by Crippen LogP contribution is 2.19. The molecule has 9 heteroatoms. The van der Waals surface area contributed by atoms with E-state index in [0.29, 0.717) is 5.82 Å². The average molecular weight is 335 g/mol. The zero-order valence-electron chi connectivity index (χ0n) is 13.2. The summed E-state index contributed by atoms with van der Waals surface area (Å²) in [5, 5.41) is 20.8. The first-order valence-electron chi connectivity index (χ1n) is 7.08. The summed E-state index contributed by atoms with van der Waals surface area (Å²) in [7, 11) is 1.27. The molecule has 1 heterocycles. The Hall–Kier alpha value is -2.94. The number of hydrogen-bond acceptors (Lipinski definition) is 7. The number of aromatic nitrogens is 2. The van der Waals surface area contributed by atoms with E-state index in [1.807, 2.05) is 0 Å². The fraction of sp³-hybridized carbons (Fsp3) is 0.333. The van der Waals surface area contributed by atoms with Gasteiger partial charge in [-0.15, -0.1) is 0 Å². The van der Waals surface area contributed by atoms with Gasteiger partial charge in [0.2, 0.25) is 5.82 Å². The predicted molar refractivity (Wildman–Crippen MR) is 82.9 cm³/mol. The summed E-state index contributed by atoms with van der Waals surface area (Å²) in [6.45, 7) is 1.58. The number of aliphatic hydroxyl groups is 1. The largest absolute Gasteiger partial charge is 0.490 e. The van der Waals surface area contributed by atoms with Gasteiger partial charge in [-0.05, 0) is 22.0 Å². The number of benzene rings is 1. The van der Waals surface area contributed by atoms with Crippen LogP contribution in [0, 0.1) is 17.0 Å². The van der Waals surface area contributed by atoms with Gasteiger partial charge in [-0.1, -0.05) is 12.1 Å². The number of imidazole rings is 1. The van der Waals surface area contributed by atoms with Crippen LogP contribution in [0.3, 0.4) is 0 Å². The van der Waals surface area contributed by atoms with Gasteiger partial charge in [-0.2, -0.15) is 0 Å². The molecule has 2 aromatic rings. The van der Waals surface area contributed by atoms with Gasteiger partial charge in [-0.25, -0.2) is 4.79 Å². The number of ether oxygens (including phenoxy) is 2. The summed E-state index contributed by atoms with van der Waals surface area (Å²) in [4.78, 5) is 25.5. The van der Waals surface area contributed by atoms with Gasteiger partial charge in [-0.3, -0.25) is 0 Å². The van der Waals surface area contributed by atoms with Crippen LogP contribution in [0.15, 0.2) is 30.5 Å². The molecule has 0 bridgehead atoms. The summed E-state index contributed by atoms with van der Waals surface area (Å²) in [5.41, 5.74) is 0.252. The maximum absolute atomic E-state index is 11.6. The molecule has 1 atom stereocenters. The Balaban J connectivity index is 2.00. The number of aryl methyl sites for hydroxylation is 1. The van der Waals surface area contributed by atoms with Crippen LogP contribution in [-0.4, -0.2) is 45.4 Å². The van der Waals surface area contributed by atoms with Crippen molar-refractivity contribution in [1.82, 2.24) is 9.55 Å². The Morgan fingerprint density at radius 1 is 1.46 bits per heavy atom. The molecule has 128 valence electrons. The van der Waals surface area contributed by atoms with Crippen molar-refractivity contribution in [3.05, 3.63) is 52.0 Å². The lowest BCUT2D eigenvalue weighted by molar-refractivity contribution is -0.389. The summed E-state index contributed by atoms with van der Waals surface area (Å²) in [6.07, 6.45) is 0.309. The van der Waals surface area contributed by atoms with Crippen LogP contribution in [0.2, 0.25) is 0 Å². The van der Waals surface area contributed by atoms with E-state index in [1.54, 1.807) is 31.2 Å². The predicted octanol–water partition coefficient (Wildman–Crippen LogP) is 1.33. The Morgan fingerprint density at radius 2 is 2.17 bits per heavy atom. The number of carbonyl (C=O) groups excluding carboxylic acids is 1. The summed E-state index contributed by atoms with van der Waals surface area (Å²) < 4.78 is 11.6. The second-order valence-electron chi connectivity index (χ2n) is 5.01. The Labute approximate surface area is 137 Å². The smallest absolute Gasteiger partial charge is 0.381 e. The maximum atomic E-state index is 11.6. The second-order valence-corrected chi connectivity index (χ2v) is 5.01. The average Bonchev–Trinajstić information content (AvgIpc) is 2.93. The van der Waals surface area contributed by atoms with Gasteiger partial charge < -0.3 is 29.3 Å². The summed E-state index contributed by atoms with van der Waals surface area (Å²) in [6, 6.07) is 6.50. The molecule has 9 nitrogen and oxygen atoms in total. The molecule has 1 aromatic carbocycles. The van der Waals surface area contributed by atoms with E-state index >= 15 is 0 Å². The standard InChI is InChI=1S/C15H17N3O6/c1-10-16-14(18(21)22)8-17(10)7-11(19)9-24-13-6-4-3-5-12(13)15(20)23-2/h3-6,8,11,19H,7,9H2,1-2H3. The van der Waals surface area contributed by atoms with Crippen molar-refractivity contribution in [2.24, 2.45) is 0 Å². The van der Waals surface area contributed by atoms with Crippen LogP contribution in [0.1, 0.15) is 16.2 Å². The minimum atomic E-state index is -0.941. The minimum absolute atomic E-state index is 0.0765. The van der Waals surface area contributed by atoms with E-state index in [1.165, 1.54) is 17.9 Å². The molecule has 1 N–H and O–H groups in total. The lowest BCUT2D eigenvalue weighted by Gasteiger charge is -2.14. The van der Waals surface area contributed by atoms with E-state index in [9.17, 15) is 20.0 Å². The highest BCUT2D eigenvalue weighted by molar-refractivity contribution is 5.92. The molecule has 0 aliphatic heterocycles. The summed E-state index contributed by atoms with van der Waals surface area (Å²) >= 11 is 0. The SMILES string of the molecule is COC(=O)c1ccccc1OCC(O)Cn1cc([N+](=O)[O-])nc1C. The second kappa shape index (κ2) is 7.55. The van der Waals surface area contributed by atoms with E-state index in [4.69, 9.17) is 4.74 Å². The molecule has 1 unspecified atom stereocenters. The lowest BCUT2D eigenvalue weighted by atomic mass is 10.2. The lowest BCUT2D eigenvalue weighted by Crippen LogP contribution is -2.24. The Morgan fingerprint density at radius 3 is 2.79 bits per heavy atom. The van der Waals surface area contributed by atoms with E-state index < -0.39 is 17.0 Å². The highest BCUT2D eigenvalue weighted by Gasteiger charge is 2.18. The van der Waals surface area contributed by atoms with Crippen LogP contribution >= 0.6 is 0 Å². The molecule has 0 aliphatic carbocycles. The number of hydrogen-bond donors (Lipinski definition) is 1. The molecule has 1 aromatic heterocycles. The number of nitrogens with zero attached hydrogens (tertiary/aromatic N) is 3. The van der Waals surface area contributed by atoms with Crippen molar-refractivity contribution in [2.75, 3.05) is 13.7 Å². The first-order valence-corrected chi connectivity index (χ1v) is 7.08. The van der Waals surface area contributed by atoms with Crippen molar-refractivity contribution < 1.29 is 24.3 Å². The number of carbonyl (C=O) groups is 1. The molecular weight excluding hydrogens is 318 g/mol. The minimum Gasteiger partial charge on any atom is -0.490 e. The molecule has 2 rings (SSSR count). The molecule has 0 saturated heterocycles. The van der Waals surface area contributed by atoms with Crippen LogP contribution in [-0.2, 0) is 11.3 Å². The Bertz CT molecular complexity index is 743. The first-order chi connectivity index (χ1) is 11.4. The zero-order valence-corrected chi connectivity index (χ0v) is 13.2. The number of aliphatic hydroxyl groups excluding tert-OH is 1. The van der Waals surface area contributed by atoms with Crippen LogP contribution in [0.25, 0.3) is 0 Å². The quantitative estimate of drug-likeness (QED) is 0.461. The number of para-hydroxylation sites is 1. The first kappa shape index (κ1) is 17.4. The number of nitro groups is 1. The van der Waals surface area contributed by atoms with Gasteiger partial charge in [0.1, 0.15) is 30.2 Å². The highest BCUT2D eigenvalue weighted by atomic mass is 16.6.